The summed E-state index contributed by atoms with van der Waals surface area (Å²) in [5.74, 6) is -0.107. The van der Waals surface area contributed by atoms with Crippen LogP contribution in [0.1, 0.15) is 43.2 Å². The largest absolute Gasteiger partial charge is 0.495 e. The number of benzene rings is 2. The molecule has 12 heteroatoms. The molecule has 0 unspecified atom stereocenters. The van der Waals surface area contributed by atoms with Gasteiger partial charge in [0.2, 0.25) is 17.8 Å². The lowest BCUT2D eigenvalue weighted by Crippen LogP contribution is -2.37. The van der Waals surface area contributed by atoms with E-state index in [1.165, 1.54) is 13.2 Å². The minimum Gasteiger partial charge on any atom is -0.495 e. The number of alkyl halides is 3. The van der Waals surface area contributed by atoms with E-state index < -0.39 is 23.5 Å². The summed E-state index contributed by atoms with van der Waals surface area (Å²) >= 11 is 0. The SMILES string of the molecule is C=CC(=O)Nc1cccc(Nc2nc(Nc3ccc(C4CCN(C(=O)CC)CC4)cc3OC)ncc2C(F)(F)F)c1. The molecule has 2 aromatic carbocycles. The molecule has 0 saturated carbocycles. The Morgan fingerprint density at radius 3 is 2.51 bits per heavy atom. The van der Waals surface area contributed by atoms with Crippen LogP contribution in [0.5, 0.6) is 5.75 Å². The Kier molecular flexibility index (Phi) is 9.10. The van der Waals surface area contributed by atoms with Gasteiger partial charge < -0.3 is 25.6 Å². The molecule has 3 N–H and O–H groups in total. The number of methoxy groups -OCH3 is 1. The number of likely N-dealkylation sites (tertiary alicyclic amines) is 1. The second-order valence-electron chi connectivity index (χ2n) is 9.45. The first-order valence-electron chi connectivity index (χ1n) is 13.1. The van der Waals surface area contributed by atoms with Gasteiger partial charge >= 0.3 is 6.18 Å². The number of halogens is 3. The van der Waals surface area contributed by atoms with Crippen molar-refractivity contribution in [2.24, 2.45) is 0 Å². The molecule has 216 valence electrons. The summed E-state index contributed by atoms with van der Waals surface area (Å²) in [5.41, 5.74) is 1.12. The molecule has 1 aliphatic heterocycles. The summed E-state index contributed by atoms with van der Waals surface area (Å²) < 4.78 is 46.9. The summed E-state index contributed by atoms with van der Waals surface area (Å²) in [6.07, 6.45) is -0.778. The average Bonchev–Trinajstić information content (AvgIpc) is 2.96. The van der Waals surface area contributed by atoms with Crippen LogP contribution in [0.2, 0.25) is 0 Å². The van der Waals surface area contributed by atoms with E-state index in [0.717, 1.165) is 24.5 Å². The lowest BCUT2D eigenvalue weighted by Gasteiger charge is -2.32. The predicted octanol–water partition coefficient (Wildman–Crippen LogP) is 6.23. The van der Waals surface area contributed by atoms with Crippen LogP contribution in [0.4, 0.5) is 42.0 Å². The second kappa shape index (κ2) is 12.7. The van der Waals surface area contributed by atoms with E-state index in [0.29, 0.717) is 42.8 Å². The minimum atomic E-state index is -4.72. The van der Waals surface area contributed by atoms with E-state index in [1.807, 2.05) is 24.0 Å². The first kappa shape index (κ1) is 29.4. The van der Waals surface area contributed by atoms with Gasteiger partial charge in [0.05, 0.1) is 12.8 Å². The first-order valence-corrected chi connectivity index (χ1v) is 13.1. The Hall–Kier alpha value is -4.61. The molecule has 0 aliphatic carbocycles. The van der Waals surface area contributed by atoms with Gasteiger partial charge in [0.25, 0.3) is 0 Å². The van der Waals surface area contributed by atoms with Gasteiger partial charge in [-0.1, -0.05) is 25.6 Å². The average molecular weight is 569 g/mol. The van der Waals surface area contributed by atoms with Crippen LogP contribution in [-0.2, 0) is 15.8 Å². The van der Waals surface area contributed by atoms with E-state index in [2.05, 4.69) is 32.5 Å². The predicted molar refractivity (Wildman–Crippen MR) is 151 cm³/mol. The van der Waals surface area contributed by atoms with Crippen LogP contribution in [-0.4, -0.2) is 46.9 Å². The lowest BCUT2D eigenvalue weighted by atomic mass is 9.89. The minimum absolute atomic E-state index is 0.0750. The summed E-state index contributed by atoms with van der Waals surface area (Å²) in [6.45, 7) is 6.62. The number of ether oxygens (including phenoxy) is 1. The topological polar surface area (TPSA) is 108 Å². The normalized spacial score (nSPS) is 13.8. The number of anilines is 5. The first-order chi connectivity index (χ1) is 19.6. The van der Waals surface area contributed by atoms with Crippen molar-refractivity contribution in [2.45, 2.75) is 38.3 Å². The Labute approximate surface area is 235 Å². The van der Waals surface area contributed by atoms with Crippen LogP contribution < -0.4 is 20.7 Å². The smallest absolute Gasteiger partial charge is 0.421 e. The highest BCUT2D eigenvalue weighted by molar-refractivity contribution is 5.99. The number of carbonyl (C=O) groups excluding carboxylic acids is 2. The maximum Gasteiger partial charge on any atom is 0.421 e. The maximum atomic E-state index is 13.8. The number of piperidine rings is 1. The van der Waals surface area contributed by atoms with E-state index >= 15 is 0 Å². The number of nitrogens with zero attached hydrogens (tertiary/aromatic N) is 3. The van der Waals surface area contributed by atoms with Crippen LogP contribution in [0.15, 0.2) is 61.3 Å². The fraction of sp³-hybridized carbons (Fsp3) is 0.310. The van der Waals surface area contributed by atoms with Crippen molar-refractivity contribution >= 4 is 40.6 Å². The zero-order valence-corrected chi connectivity index (χ0v) is 22.7. The monoisotopic (exact) mass is 568 g/mol. The fourth-order valence-electron chi connectivity index (χ4n) is 4.62. The molecular weight excluding hydrogens is 537 g/mol. The van der Waals surface area contributed by atoms with Gasteiger partial charge in [-0.2, -0.15) is 18.2 Å². The Balaban J connectivity index is 1.55. The summed E-state index contributed by atoms with van der Waals surface area (Å²) in [5, 5.41) is 8.21. The van der Waals surface area contributed by atoms with Crippen molar-refractivity contribution in [1.29, 1.82) is 0 Å². The molecule has 9 nitrogen and oxygen atoms in total. The van der Waals surface area contributed by atoms with Gasteiger partial charge in [0.15, 0.2) is 0 Å². The zero-order valence-electron chi connectivity index (χ0n) is 22.7. The summed E-state index contributed by atoms with van der Waals surface area (Å²) in [7, 11) is 1.51. The molecule has 0 spiro atoms. The summed E-state index contributed by atoms with van der Waals surface area (Å²) in [6, 6.07) is 11.8. The van der Waals surface area contributed by atoms with Gasteiger partial charge in [-0.15, -0.1) is 0 Å². The molecule has 0 atom stereocenters. The standard InChI is InChI=1S/C29H31F3N6O3/c1-4-25(39)34-20-7-6-8-21(16-20)35-27-22(29(30,31)32)17-33-28(37-27)36-23-10-9-19(15-24(23)41-3)18-11-13-38(14-12-18)26(40)5-2/h4,6-10,15-18H,1,5,11-14H2,2-3H3,(H,34,39)(H2,33,35,36,37). The van der Waals surface area contributed by atoms with Gasteiger partial charge in [-0.3, -0.25) is 9.59 Å². The van der Waals surface area contributed by atoms with Crippen molar-refractivity contribution in [3.05, 3.63) is 72.4 Å². The number of carbonyl (C=O) groups is 2. The zero-order chi connectivity index (χ0) is 29.6. The number of rotatable bonds is 9. The molecule has 0 radical (unpaired) electrons. The number of hydrogen-bond donors (Lipinski definition) is 3. The Bertz CT molecular complexity index is 1420. The van der Waals surface area contributed by atoms with Crippen molar-refractivity contribution in [3.8, 4) is 5.75 Å². The quantitative estimate of drug-likeness (QED) is 0.263. The summed E-state index contributed by atoms with van der Waals surface area (Å²) in [4.78, 5) is 33.5. The maximum absolute atomic E-state index is 13.8. The molecule has 1 aromatic heterocycles. The number of aromatic nitrogens is 2. The van der Waals surface area contributed by atoms with E-state index in [4.69, 9.17) is 4.74 Å². The van der Waals surface area contributed by atoms with Gasteiger partial charge in [0, 0.05) is 37.1 Å². The van der Waals surface area contributed by atoms with Crippen LogP contribution in [0.3, 0.4) is 0 Å². The highest BCUT2D eigenvalue weighted by Gasteiger charge is 2.35. The van der Waals surface area contributed by atoms with Crippen molar-refractivity contribution in [3.63, 3.8) is 0 Å². The van der Waals surface area contributed by atoms with Crippen LogP contribution in [0.25, 0.3) is 0 Å². The molecule has 1 aliphatic rings. The van der Waals surface area contributed by atoms with Crippen molar-refractivity contribution in [2.75, 3.05) is 36.1 Å². The van der Waals surface area contributed by atoms with E-state index in [1.54, 1.807) is 24.3 Å². The molecule has 2 amide bonds. The van der Waals surface area contributed by atoms with Crippen molar-refractivity contribution in [1.82, 2.24) is 14.9 Å². The molecule has 41 heavy (non-hydrogen) atoms. The third-order valence-electron chi connectivity index (χ3n) is 6.77. The number of amides is 2. The van der Waals surface area contributed by atoms with Gasteiger partial charge in [-0.05, 0) is 60.7 Å². The highest BCUT2D eigenvalue weighted by atomic mass is 19.4. The number of nitrogens with one attached hydrogen (secondary N) is 3. The fourth-order valence-corrected chi connectivity index (χ4v) is 4.62. The van der Waals surface area contributed by atoms with Crippen LogP contribution >= 0.6 is 0 Å². The van der Waals surface area contributed by atoms with E-state index in [9.17, 15) is 22.8 Å². The third kappa shape index (κ3) is 7.33. The molecule has 3 aromatic rings. The van der Waals surface area contributed by atoms with Crippen molar-refractivity contribution < 1.29 is 27.5 Å². The second-order valence-corrected chi connectivity index (χ2v) is 9.45. The Morgan fingerprint density at radius 2 is 1.85 bits per heavy atom. The molecule has 4 rings (SSSR count). The number of hydrogen-bond acceptors (Lipinski definition) is 7. The third-order valence-corrected chi connectivity index (χ3v) is 6.77. The molecule has 2 heterocycles. The lowest BCUT2D eigenvalue weighted by molar-refractivity contribution is -0.137. The van der Waals surface area contributed by atoms with E-state index in [-0.39, 0.29) is 23.5 Å². The van der Waals surface area contributed by atoms with Gasteiger partial charge in [-0.25, -0.2) is 4.98 Å². The molecule has 1 saturated heterocycles. The molecular formula is C29H31F3N6O3. The highest BCUT2D eigenvalue weighted by Crippen LogP contribution is 2.37. The van der Waals surface area contributed by atoms with Crippen LogP contribution in [0, 0.1) is 0 Å². The molecule has 1 fully saturated rings. The van der Waals surface area contributed by atoms with Gasteiger partial charge in [0.1, 0.15) is 17.1 Å². The Morgan fingerprint density at radius 1 is 1.12 bits per heavy atom. The molecule has 0 bridgehead atoms.